The van der Waals surface area contributed by atoms with Crippen molar-refractivity contribution < 1.29 is 14.1 Å². The van der Waals surface area contributed by atoms with Crippen molar-refractivity contribution in [1.29, 1.82) is 0 Å². The van der Waals surface area contributed by atoms with Gasteiger partial charge in [-0.15, -0.1) is 0 Å². The van der Waals surface area contributed by atoms with Crippen molar-refractivity contribution in [2.45, 2.75) is 65.5 Å². The highest BCUT2D eigenvalue weighted by atomic mass is 16.5. The molecule has 2 aliphatic heterocycles. The molecule has 1 unspecified atom stereocenters. The lowest BCUT2D eigenvalue weighted by molar-refractivity contribution is -0.133. The van der Waals surface area contributed by atoms with E-state index in [0.29, 0.717) is 18.9 Å². The summed E-state index contributed by atoms with van der Waals surface area (Å²) in [6.45, 7) is 11.5. The second kappa shape index (κ2) is 10.6. The number of likely N-dealkylation sites (tertiary alicyclic amines) is 1. The third-order valence-electron chi connectivity index (χ3n) is 7.15. The number of aryl methyl sites for hydroxylation is 3. The van der Waals surface area contributed by atoms with Crippen LogP contribution < -0.4 is 0 Å². The number of carbonyl (C=O) groups is 1. The van der Waals surface area contributed by atoms with Crippen LogP contribution in [0.4, 0.5) is 0 Å². The van der Waals surface area contributed by atoms with E-state index in [4.69, 9.17) is 9.26 Å². The SMILES string of the molecule is Cc1ccccc1CN1CCC(CN(CC2CCCO2)C(=O)Cc2c(C)noc2C)CC1. The molecule has 1 amide bonds. The number of amides is 1. The number of benzene rings is 1. The quantitative estimate of drug-likeness (QED) is 0.621. The monoisotopic (exact) mass is 439 g/mol. The number of ether oxygens (including phenoxy) is 1. The standard InChI is InChI=1S/C26H37N3O3/c1-19-7-4-5-8-23(19)17-28-12-10-22(11-13-28)16-29(18-24-9-6-14-31-24)26(30)15-25-20(2)27-32-21(25)3/h4-5,7-8,22,24H,6,9-18H2,1-3H3. The fraction of sp³-hybridized carbons (Fsp3) is 0.615. The molecule has 1 atom stereocenters. The van der Waals surface area contributed by atoms with Crippen molar-refractivity contribution >= 4 is 5.91 Å². The molecule has 3 heterocycles. The largest absolute Gasteiger partial charge is 0.376 e. The lowest BCUT2D eigenvalue weighted by Gasteiger charge is -2.36. The Bertz CT molecular complexity index is 876. The van der Waals surface area contributed by atoms with Gasteiger partial charge in [0.05, 0.1) is 18.2 Å². The molecule has 0 aliphatic carbocycles. The molecule has 1 aromatic carbocycles. The molecule has 2 aliphatic rings. The highest BCUT2D eigenvalue weighted by Gasteiger charge is 2.28. The Morgan fingerprint density at radius 1 is 1.12 bits per heavy atom. The zero-order valence-corrected chi connectivity index (χ0v) is 19.8. The average molecular weight is 440 g/mol. The molecule has 2 fully saturated rings. The number of nitrogens with zero attached hydrogens (tertiary/aromatic N) is 3. The Labute approximate surface area is 191 Å². The molecule has 1 aromatic heterocycles. The first kappa shape index (κ1) is 23.0. The van der Waals surface area contributed by atoms with Gasteiger partial charge in [-0.3, -0.25) is 9.69 Å². The number of hydrogen-bond acceptors (Lipinski definition) is 5. The molecule has 0 N–H and O–H groups in total. The second-order valence-corrected chi connectivity index (χ2v) is 9.56. The Balaban J connectivity index is 1.34. The van der Waals surface area contributed by atoms with Crippen LogP contribution in [0.25, 0.3) is 0 Å². The Kier molecular flexibility index (Phi) is 7.63. The lowest BCUT2D eigenvalue weighted by Crippen LogP contribution is -2.44. The van der Waals surface area contributed by atoms with Crippen LogP contribution in [0.2, 0.25) is 0 Å². The second-order valence-electron chi connectivity index (χ2n) is 9.56. The minimum Gasteiger partial charge on any atom is -0.376 e. The normalized spacial score (nSPS) is 20.0. The molecule has 0 saturated carbocycles. The molecule has 0 spiro atoms. The minimum atomic E-state index is 0.164. The molecular formula is C26H37N3O3. The van der Waals surface area contributed by atoms with E-state index in [-0.39, 0.29) is 12.0 Å². The van der Waals surface area contributed by atoms with Crippen molar-refractivity contribution in [1.82, 2.24) is 15.0 Å². The van der Waals surface area contributed by atoms with Gasteiger partial charge in [-0.25, -0.2) is 0 Å². The van der Waals surface area contributed by atoms with Gasteiger partial charge in [0.2, 0.25) is 5.91 Å². The lowest BCUT2D eigenvalue weighted by atomic mass is 9.95. The highest BCUT2D eigenvalue weighted by molar-refractivity contribution is 5.79. The van der Waals surface area contributed by atoms with Gasteiger partial charge in [0.15, 0.2) is 0 Å². The number of carbonyl (C=O) groups excluding carboxylic acids is 1. The van der Waals surface area contributed by atoms with Gasteiger partial charge < -0.3 is 14.2 Å². The fourth-order valence-corrected chi connectivity index (χ4v) is 5.00. The molecule has 0 bridgehead atoms. The predicted molar refractivity (Wildman–Crippen MR) is 124 cm³/mol. The first-order valence-corrected chi connectivity index (χ1v) is 12.1. The van der Waals surface area contributed by atoms with E-state index in [0.717, 1.165) is 75.5 Å². The maximum absolute atomic E-state index is 13.3. The average Bonchev–Trinajstić information content (AvgIpc) is 3.41. The zero-order valence-electron chi connectivity index (χ0n) is 19.8. The first-order valence-electron chi connectivity index (χ1n) is 12.1. The van der Waals surface area contributed by atoms with Crippen molar-refractivity contribution in [3.05, 3.63) is 52.4 Å². The Morgan fingerprint density at radius 3 is 2.56 bits per heavy atom. The van der Waals surface area contributed by atoms with E-state index >= 15 is 0 Å². The van der Waals surface area contributed by atoms with Gasteiger partial charge >= 0.3 is 0 Å². The van der Waals surface area contributed by atoms with Gasteiger partial charge in [-0.05, 0) is 76.6 Å². The van der Waals surface area contributed by atoms with E-state index in [2.05, 4.69) is 46.1 Å². The fourth-order valence-electron chi connectivity index (χ4n) is 5.00. The van der Waals surface area contributed by atoms with Crippen LogP contribution >= 0.6 is 0 Å². The number of rotatable bonds is 8. The van der Waals surface area contributed by atoms with Gasteiger partial charge in [-0.1, -0.05) is 29.4 Å². The summed E-state index contributed by atoms with van der Waals surface area (Å²) >= 11 is 0. The third-order valence-corrected chi connectivity index (χ3v) is 7.15. The van der Waals surface area contributed by atoms with Crippen LogP contribution in [0.15, 0.2) is 28.8 Å². The molecule has 2 aromatic rings. The molecular weight excluding hydrogens is 402 g/mol. The van der Waals surface area contributed by atoms with Crippen LogP contribution in [0.1, 0.15) is 53.8 Å². The van der Waals surface area contributed by atoms with Crippen LogP contribution in [0.3, 0.4) is 0 Å². The molecule has 6 heteroatoms. The smallest absolute Gasteiger partial charge is 0.227 e. The van der Waals surface area contributed by atoms with Gasteiger partial charge in [0, 0.05) is 31.8 Å². The third kappa shape index (κ3) is 5.78. The van der Waals surface area contributed by atoms with Crippen LogP contribution in [-0.4, -0.2) is 59.8 Å². The number of piperidine rings is 1. The Hall–Kier alpha value is -2.18. The van der Waals surface area contributed by atoms with E-state index in [1.54, 1.807) is 0 Å². The summed E-state index contributed by atoms with van der Waals surface area (Å²) in [6.07, 6.45) is 4.93. The van der Waals surface area contributed by atoms with Crippen molar-refractivity contribution in [2.24, 2.45) is 5.92 Å². The van der Waals surface area contributed by atoms with E-state index < -0.39 is 0 Å². The Morgan fingerprint density at radius 2 is 1.91 bits per heavy atom. The van der Waals surface area contributed by atoms with Crippen LogP contribution in [0, 0.1) is 26.7 Å². The van der Waals surface area contributed by atoms with E-state index in [9.17, 15) is 4.79 Å². The minimum absolute atomic E-state index is 0.164. The van der Waals surface area contributed by atoms with Crippen molar-refractivity contribution in [3.8, 4) is 0 Å². The predicted octanol–water partition coefficient (Wildman–Crippen LogP) is 4.06. The molecule has 32 heavy (non-hydrogen) atoms. The van der Waals surface area contributed by atoms with Crippen molar-refractivity contribution in [3.63, 3.8) is 0 Å². The van der Waals surface area contributed by atoms with Crippen molar-refractivity contribution in [2.75, 3.05) is 32.8 Å². The van der Waals surface area contributed by atoms with Gasteiger partial charge in [0.1, 0.15) is 5.76 Å². The summed E-state index contributed by atoms with van der Waals surface area (Å²) in [5.74, 6) is 1.45. The highest BCUT2D eigenvalue weighted by Crippen LogP contribution is 2.23. The molecule has 4 rings (SSSR count). The molecule has 2 saturated heterocycles. The number of hydrogen-bond donors (Lipinski definition) is 0. The van der Waals surface area contributed by atoms with Crippen LogP contribution in [0.5, 0.6) is 0 Å². The van der Waals surface area contributed by atoms with E-state index in [1.807, 2.05) is 13.8 Å². The molecule has 0 radical (unpaired) electrons. The topological polar surface area (TPSA) is 58.8 Å². The summed E-state index contributed by atoms with van der Waals surface area (Å²) in [5, 5.41) is 4.02. The summed E-state index contributed by atoms with van der Waals surface area (Å²) in [4.78, 5) is 17.9. The number of aromatic nitrogens is 1. The molecule has 6 nitrogen and oxygen atoms in total. The summed E-state index contributed by atoms with van der Waals surface area (Å²) in [7, 11) is 0. The summed E-state index contributed by atoms with van der Waals surface area (Å²) in [6, 6.07) is 8.66. The van der Waals surface area contributed by atoms with Crippen LogP contribution in [-0.2, 0) is 22.5 Å². The maximum Gasteiger partial charge on any atom is 0.227 e. The molecule has 174 valence electrons. The van der Waals surface area contributed by atoms with E-state index in [1.165, 1.54) is 11.1 Å². The first-order chi connectivity index (χ1) is 15.5. The van der Waals surface area contributed by atoms with Gasteiger partial charge in [-0.2, -0.15) is 0 Å². The van der Waals surface area contributed by atoms with Gasteiger partial charge in [0.25, 0.3) is 0 Å². The zero-order chi connectivity index (χ0) is 22.5. The maximum atomic E-state index is 13.3. The summed E-state index contributed by atoms with van der Waals surface area (Å²) in [5.41, 5.74) is 4.53. The summed E-state index contributed by atoms with van der Waals surface area (Å²) < 4.78 is 11.1.